The van der Waals surface area contributed by atoms with Crippen LogP contribution in [0.15, 0.2) is 28.7 Å². The number of carbonyl (C=O) groups is 1. The fraction of sp³-hybridized carbons (Fsp3) is 0.400. The van der Waals surface area contributed by atoms with Gasteiger partial charge in [-0.05, 0) is 31.2 Å². The van der Waals surface area contributed by atoms with Gasteiger partial charge in [0.05, 0.1) is 0 Å². The fourth-order valence-corrected chi connectivity index (χ4v) is 2.16. The predicted molar refractivity (Wildman–Crippen MR) is 82.5 cm³/mol. The highest BCUT2D eigenvalue weighted by atomic mass is 32.1. The Morgan fingerprint density at radius 3 is 2.75 bits per heavy atom. The molecule has 4 nitrogen and oxygen atoms in total. The van der Waals surface area contributed by atoms with Crippen LogP contribution in [0.5, 0.6) is 5.75 Å². The topological polar surface area (TPSA) is 51.5 Å². The van der Waals surface area contributed by atoms with Crippen molar-refractivity contribution in [3.05, 3.63) is 30.0 Å². The molecule has 1 aromatic carbocycles. The number of furan rings is 1. The molecule has 0 bridgehead atoms. The number of rotatable bonds is 6. The lowest BCUT2D eigenvalue weighted by Crippen LogP contribution is -2.23. The molecule has 0 amide bonds. The monoisotopic (exact) mass is 293 g/mol. The second-order valence-electron chi connectivity index (χ2n) is 5.12. The fourth-order valence-electron chi connectivity index (χ4n) is 1.90. The van der Waals surface area contributed by atoms with Gasteiger partial charge in [-0.2, -0.15) is 0 Å². The Morgan fingerprint density at radius 1 is 1.35 bits per heavy atom. The third-order valence-corrected chi connectivity index (χ3v) is 3.15. The lowest BCUT2D eigenvalue weighted by atomic mass is 10.1. The number of fused-ring (bicyclic) bond motifs is 1. The minimum atomic E-state index is -0.0761. The summed E-state index contributed by atoms with van der Waals surface area (Å²) in [5, 5.41) is 0.873. The number of ether oxygens (including phenoxy) is 1. The highest BCUT2D eigenvalue weighted by molar-refractivity contribution is 7.78. The van der Waals surface area contributed by atoms with E-state index >= 15 is 0 Å². The molecule has 0 saturated carbocycles. The Hall–Kier alpha value is -1.46. The number of thiol groups is 1. The van der Waals surface area contributed by atoms with Crippen LogP contribution in [0.2, 0.25) is 0 Å². The molecule has 1 N–H and O–H groups in total. The minimum absolute atomic E-state index is 0.00798. The quantitative estimate of drug-likeness (QED) is 0.632. The van der Waals surface area contributed by atoms with E-state index in [1.165, 1.54) is 0 Å². The highest BCUT2D eigenvalue weighted by Crippen LogP contribution is 2.26. The molecule has 0 aliphatic carbocycles. The zero-order valence-corrected chi connectivity index (χ0v) is 12.7. The number of ketones is 1. The molecule has 0 spiro atoms. The van der Waals surface area contributed by atoms with Crippen molar-refractivity contribution in [2.75, 3.05) is 6.54 Å². The van der Waals surface area contributed by atoms with Crippen molar-refractivity contribution in [3.63, 3.8) is 0 Å². The SMILES string of the molecule is CC(C)C(=O)c1cc2cc(O[C@H](C)CNS)ccc2o1. The van der Waals surface area contributed by atoms with E-state index in [9.17, 15) is 4.79 Å². The largest absolute Gasteiger partial charge is 0.489 e. The molecule has 2 rings (SSSR count). The zero-order chi connectivity index (χ0) is 14.7. The van der Waals surface area contributed by atoms with Crippen molar-refractivity contribution >= 4 is 29.6 Å². The van der Waals surface area contributed by atoms with E-state index in [2.05, 4.69) is 17.5 Å². The van der Waals surface area contributed by atoms with E-state index in [1.54, 1.807) is 6.07 Å². The number of Topliss-reactive ketones (excluding diaryl/α,β-unsaturated/α-hetero) is 1. The second-order valence-corrected chi connectivity index (χ2v) is 5.44. The zero-order valence-electron chi connectivity index (χ0n) is 11.8. The summed E-state index contributed by atoms with van der Waals surface area (Å²) in [7, 11) is 0. The van der Waals surface area contributed by atoms with Crippen molar-refractivity contribution in [2.45, 2.75) is 26.9 Å². The molecule has 20 heavy (non-hydrogen) atoms. The van der Waals surface area contributed by atoms with Crippen LogP contribution in [0.25, 0.3) is 11.0 Å². The lowest BCUT2D eigenvalue weighted by molar-refractivity contribution is 0.0913. The molecule has 1 heterocycles. The smallest absolute Gasteiger partial charge is 0.200 e. The molecule has 1 atom stereocenters. The van der Waals surface area contributed by atoms with Gasteiger partial charge in [0.2, 0.25) is 5.78 Å². The number of hydrogen-bond donors (Lipinski definition) is 2. The molecule has 0 radical (unpaired) electrons. The van der Waals surface area contributed by atoms with Crippen LogP contribution in [0.3, 0.4) is 0 Å². The van der Waals surface area contributed by atoms with Crippen LogP contribution in [0.1, 0.15) is 31.3 Å². The summed E-state index contributed by atoms with van der Waals surface area (Å²) in [5.41, 5.74) is 0.696. The second kappa shape index (κ2) is 6.33. The molecule has 0 saturated heterocycles. The van der Waals surface area contributed by atoms with E-state index in [-0.39, 0.29) is 17.8 Å². The average Bonchev–Trinajstić information content (AvgIpc) is 2.80. The molecular weight excluding hydrogens is 274 g/mol. The maximum Gasteiger partial charge on any atom is 0.200 e. The van der Waals surface area contributed by atoms with Crippen molar-refractivity contribution < 1.29 is 13.9 Å². The van der Waals surface area contributed by atoms with E-state index in [0.717, 1.165) is 11.1 Å². The molecule has 0 aliphatic heterocycles. The molecule has 0 fully saturated rings. The molecule has 5 heteroatoms. The Bertz CT molecular complexity index is 606. The standard InChI is InChI=1S/C15H19NO3S/c1-9(2)15(17)14-7-11-6-12(4-5-13(11)19-14)18-10(3)8-16-20/h4-7,9-10,16,20H,8H2,1-3H3/t10-/m1/s1. The van der Waals surface area contributed by atoms with Gasteiger partial charge in [0.15, 0.2) is 5.76 Å². The van der Waals surface area contributed by atoms with Crippen molar-refractivity contribution in [1.29, 1.82) is 0 Å². The van der Waals surface area contributed by atoms with Gasteiger partial charge in [-0.3, -0.25) is 9.52 Å². The van der Waals surface area contributed by atoms with Gasteiger partial charge in [-0.25, -0.2) is 0 Å². The van der Waals surface area contributed by atoms with Gasteiger partial charge in [0.25, 0.3) is 0 Å². The molecule has 108 valence electrons. The van der Waals surface area contributed by atoms with Crippen LogP contribution in [0, 0.1) is 5.92 Å². The van der Waals surface area contributed by atoms with E-state index < -0.39 is 0 Å². The molecule has 0 aliphatic rings. The van der Waals surface area contributed by atoms with E-state index in [1.807, 2.05) is 39.0 Å². The summed E-state index contributed by atoms with van der Waals surface area (Å²) in [5.74, 6) is 1.08. The van der Waals surface area contributed by atoms with Crippen LogP contribution in [-0.2, 0) is 0 Å². The third-order valence-electron chi connectivity index (χ3n) is 2.97. The van der Waals surface area contributed by atoms with Crippen molar-refractivity contribution in [3.8, 4) is 5.75 Å². The maximum absolute atomic E-state index is 11.9. The van der Waals surface area contributed by atoms with Gasteiger partial charge < -0.3 is 9.15 Å². The summed E-state index contributed by atoms with van der Waals surface area (Å²) >= 11 is 3.95. The van der Waals surface area contributed by atoms with Gasteiger partial charge >= 0.3 is 0 Å². The third kappa shape index (κ3) is 3.35. The highest BCUT2D eigenvalue weighted by Gasteiger charge is 2.16. The molecule has 2 aromatic rings. The Labute approximate surface area is 124 Å². The van der Waals surface area contributed by atoms with Gasteiger partial charge in [-0.15, -0.1) is 0 Å². The number of hydrogen-bond acceptors (Lipinski definition) is 5. The number of benzene rings is 1. The Morgan fingerprint density at radius 2 is 2.10 bits per heavy atom. The van der Waals surface area contributed by atoms with Gasteiger partial charge in [0, 0.05) is 17.8 Å². The normalized spacial score (nSPS) is 12.8. The van der Waals surface area contributed by atoms with Crippen molar-refractivity contribution in [2.24, 2.45) is 5.92 Å². The van der Waals surface area contributed by atoms with Crippen LogP contribution < -0.4 is 9.46 Å². The number of nitrogens with one attached hydrogen (secondary N) is 1. The summed E-state index contributed by atoms with van der Waals surface area (Å²) in [4.78, 5) is 11.9. The first-order chi connectivity index (χ1) is 9.51. The molecule has 1 aromatic heterocycles. The Kier molecular flexibility index (Phi) is 4.73. The summed E-state index contributed by atoms with van der Waals surface area (Å²) in [6.07, 6.45) is 0.00798. The summed E-state index contributed by atoms with van der Waals surface area (Å²) in [6, 6.07) is 7.31. The van der Waals surface area contributed by atoms with Crippen LogP contribution in [0.4, 0.5) is 0 Å². The summed E-state index contributed by atoms with van der Waals surface area (Å²) < 4.78 is 14.1. The van der Waals surface area contributed by atoms with Crippen LogP contribution >= 0.6 is 12.8 Å². The maximum atomic E-state index is 11.9. The van der Waals surface area contributed by atoms with E-state index in [0.29, 0.717) is 17.9 Å². The predicted octanol–water partition coefficient (Wildman–Crippen LogP) is 3.47. The van der Waals surface area contributed by atoms with E-state index in [4.69, 9.17) is 9.15 Å². The summed E-state index contributed by atoms with van der Waals surface area (Å²) in [6.45, 7) is 6.31. The van der Waals surface area contributed by atoms with Gasteiger partial charge in [-0.1, -0.05) is 26.7 Å². The average molecular weight is 293 g/mol. The first-order valence-corrected chi connectivity index (χ1v) is 7.07. The minimum Gasteiger partial charge on any atom is -0.489 e. The van der Waals surface area contributed by atoms with Crippen LogP contribution in [-0.4, -0.2) is 18.4 Å². The molecular formula is C15H19NO3S. The first-order valence-electron chi connectivity index (χ1n) is 6.62. The van der Waals surface area contributed by atoms with Crippen molar-refractivity contribution in [1.82, 2.24) is 4.72 Å². The van der Waals surface area contributed by atoms with Gasteiger partial charge in [0.1, 0.15) is 17.4 Å². The molecule has 0 unspecified atom stereocenters. The first kappa shape index (κ1) is 14.9. The number of carbonyl (C=O) groups excluding carboxylic acids is 1. The lowest BCUT2D eigenvalue weighted by Gasteiger charge is -2.13. The Balaban J connectivity index is 2.23.